The third-order valence-corrected chi connectivity index (χ3v) is 4.94. The van der Waals surface area contributed by atoms with E-state index in [1.807, 2.05) is 12.1 Å². The fourth-order valence-electron chi connectivity index (χ4n) is 3.19. The molecule has 1 saturated heterocycles. The summed E-state index contributed by atoms with van der Waals surface area (Å²) in [5.41, 5.74) is 1.56. The number of aryl methyl sites for hydroxylation is 1. The molecule has 1 saturated carbocycles. The highest BCUT2D eigenvalue weighted by molar-refractivity contribution is 5.92. The summed E-state index contributed by atoms with van der Waals surface area (Å²) in [7, 11) is 0. The highest BCUT2D eigenvalue weighted by atomic mass is 19.1. The van der Waals surface area contributed by atoms with Gasteiger partial charge in [0.2, 0.25) is 5.88 Å². The number of carbonyl (C=O) groups excluding carboxylic acids is 1. The monoisotopic (exact) mass is 356 g/mol. The van der Waals surface area contributed by atoms with E-state index >= 15 is 0 Å². The number of pyridine rings is 1. The number of carbonyl (C=O) groups is 1. The summed E-state index contributed by atoms with van der Waals surface area (Å²) in [5, 5.41) is 8.33. The molecule has 2 fully saturated rings. The number of aromatic nitrogens is 3. The van der Waals surface area contributed by atoms with E-state index in [9.17, 15) is 9.18 Å². The van der Waals surface area contributed by atoms with Crippen molar-refractivity contribution in [2.75, 3.05) is 19.7 Å². The molecule has 1 aliphatic carbocycles. The number of likely N-dealkylation sites (tertiary alicyclic amines) is 1. The van der Waals surface area contributed by atoms with E-state index in [2.05, 4.69) is 15.2 Å². The Bertz CT molecular complexity index is 808. The van der Waals surface area contributed by atoms with Crippen molar-refractivity contribution in [3.8, 4) is 5.88 Å². The van der Waals surface area contributed by atoms with Crippen molar-refractivity contribution in [2.45, 2.75) is 32.1 Å². The number of rotatable bonds is 5. The molecule has 26 heavy (non-hydrogen) atoms. The predicted octanol–water partition coefficient (Wildman–Crippen LogP) is 2.74. The third-order valence-electron chi connectivity index (χ3n) is 4.94. The van der Waals surface area contributed by atoms with Gasteiger partial charge in [-0.05, 0) is 44.4 Å². The normalized spacial score (nSPS) is 19.6. The van der Waals surface area contributed by atoms with Gasteiger partial charge in [0.05, 0.1) is 18.0 Å². The summed E-state index contributed by atoms with van der Waals surface area (Å²) < 4.78 is 19.1. The highest BCUT2D eigenvalue weighted by Crippen LogP contribution is 2.38. The Morgan fingerprint density at radius 2 is 2.08 bits per heavy atom. The molecule has 0 spiro atoms. The van der Waals surface area contributed by atoms with Crippen molar-refractivity contribution < 1.29 is 13.9 Å². The molecule has 1 amide bonds. The molecular weight excluding hydrogens is 335 g/mol. The average molecular weight is 356 g/mol. The van der Waals surface area contributed by atoms with E-state index in [-0.39, 0.29) is 23.2 Å². The molecule has 6 nitrogen and oxygen atoms in total. The summed E-state index contributed by atoms with van der Waals surface area (Å²) >= 11 is 0. The standard InChI is InChI=1S/C19H21FN4O2/c1-12-15(20)4-5-17(21-12)19(25)24-9-8-13(10-24)11-26-18-7-6-16(22-23-18)14-2-3-14/h4-7,13-14H,2-3,8-11H2,1H3. The van der Waals surface area contributed by atoms with Crippen molar-refractivity contribution in [3.05, 3.63) is 47.2 Å². The van der Waals surface area contributed by atoms with Gasteiger partial charge in [-0.2, -0.15) is 5.10 Å². The van der Waals surface area contributed by atoms with E-state index in [1.54, 1.807) is 11.8 Å². The summed E-state index contributed by atoms with van der Waals surface area (Å²) in [5.74, 6) is 0.780. The van der Waals surface area contributed by atoms with Gasteiger partial charge in [-0.15, -0.1) is 5.10 Å². The average Bonchev–Trinajstić information content (AvgIpc) is 3.40. The molecule has 0 radical (unpaired) electrons. The molecule has 0 N–H and O–H groups in total. The van der Waals surface area contributed by atoms with Crippen LogP contribution in [0.3, 0.4) is 0 Å². The van der Waals surface area contributed by atoms with Crippen LogP contribution in [-0.2, 0) is 0 Å². The van der Waals surface area contributed by atoms with Crippen molar-refractivity contribution >= 4 is 5.91 Å². The van der Waals surface area contributed by atoms with E-state index < -0.39 is 5.82 Å². The van der Waals surface area contributed by atoms with Crippen molar-refractivity contribution in [3.63, 3.8) is 0 Å². The minimum atomic E-state index is -0.400. The molecule has 136 valence electrons. The molecule has 2 aromatic rings. The summed E-state index contributed by atoms with van der Waals surface area (Å²) in [6.07, 6.45) is 3.26. The van der Waals surface area contributed by atoms with Gasteiger partial charge in [-0.1, -0.05) is 0 Å². The first-order valence-electron chi connectivity index (χ1n) is 8.99. The number of amides is 1. The minimum Gasteiger partial charge on any atom is -0.476 e. The number of hydrogen-bond acceptors (Lipinski definition) is 5. The zero-order valence-electron chi connectivity index (χ0n) is 14.7. The first-order valence-corrected chi connectivity index (χ1v) is 8.99. The summed E-state index contributed by atoms with van der Waals surface area (Å²) in [4.78, 5) is 18.3. The molecular formula is C19H21FN4O2. The quantitative estimate of drug-likeness (QED) is 0.824. The van der Waals surface area contributed by atoms with Crippen LogP contribution < -0.4 is 4.74 Å². The summed E-state index contributed by atoms with van der Waals surface area (Å²) in [6.45, 7) is 3.31. The Balaban J connectivity index is 1.30. The highest BCUT2D eigenvalue weighted by Gasteiger charge is 2.29. The lowest BCUT2D eigenvalue weighted by molar-refractivity contribution is 0.0776. The lowest BCUT2D eigenvalue weighted by atomic mass is 10.1. The van der Waals surface area contributed by atoms with Gasteiger partial charge < -0.3 is 9.64 Å². The Morgan fingerprint density at radius 1 is 1.23 bits per heavy atom. The predicted molar refractivity (Wildman–Crippen MR) is 92.4 cm³/mol. The largest absolute Gasteiger partial charge is 0.476 e. The molecule has 1 aliphatic heterocycles. The smallest absolute Gasteiger partial charge is 0.272 e. The third kappa shape index (κ3) is 3.66. The molecule has 0 aromatic carbocycles. The first kappa shape index (κ1) is 16.9. The van der Waals surface area contributed by atoms with Gasteiger partial charge in [-0.3, -0.25) is 4.79 Å². The number of ether oxygens (including phenoxy) is 1. The maximum atomic E-state index is 13.3. The maximum Gasteiger partial charge on any atom is 0.272 e. The molecule has 4 rings (SSSR count). The van der Waals surface area contributed by atoms with E-state index in [0.717, 1.165) is 12.1 Å². The molecule has 1 unspecified atom stereocenters. The molecule has 1 atom stereocenters. The van der Waals surface area contributed by atoms with Gasteiger partial charge in [0.25, 0.3) is 5.91 Å². The van der Waals surface area contributed by atoms with Crippen LogP contribution in [0.1, 0.15) is 47.1 Å². The van der Waals surface area contributed by atoms with Crippen LogP contribution in [-0.4, -0.2) is 45.7 Å². The van der Waals surface area contributed by atoms with Crippen LogP contribution in [0.4, 0.5) is 4.39 Å². The molecule has 2 aliphatic rings. The van der Waals surface area contributed by atoms with Crippen molar-refractivity contribution in [1.29, 1.82) is 0 Å². The van der Waals surface area contributed by atoms with Crippen LogP contribution in [0.2, 0.25) is 0 Å². The van der Waals surface area contributed by atoms with Gasteiger partial charge in [0.1, 0.15) is 11.5 Å². The van der Waals surface area contributed by atoms with Crippen LogP contribution in [0, 0.1) is 18.7 Å². The number of hydrogen-bond donors (Lipinski definition) is 0. The zero-order valence-corrected chi connectivity index (χ0v) is 14.7. The molecule has 7 heteroatoms. The lowest BCUT2D eigenvalue weighted by Gasteiger charge is -2.16. The van der Waals surface area contributed by atoms with Crippen LogP contribution in [0.15, 0.2) is 24.3 Å². The van der Waals surface area contributed by atoms with Gasteiger partial charge >= 0.3 is 0 Å². The Morgan fingerprint density at radius 3 is 2.77 bits per heavy atom. The fourth-order valence-corrected chi connectivity index (χ4v) is 3.19. The second-order valence-corrected chi connectivity index (χ2v) is 7.05. The van der Waals surface area contributed by atoms with E-state index in [4.69, 9.17) is 4.74 Å². The topological polar surface area (TPSA) is 68.2 Å². The Hall–Kier alpha value is -2.57. The van der Waals surface area contributed by atoms with Crippen LogP contribution in [0.25, 0.3) is 0 Å². The van der Waals surface area contributed by atoms with E-state index in [0.29, 0.717) is 31.5 Å². The second kappa shape index (κ2) is 6.97. The summed E-state index contributed by atoms with van der Waals surface area (Å²) in [6, 6.07) is 6.57. The van der Waals surface area contributed by atoms with Crippen molar-refractivity contribution in [2.24, 2.45) is 5.92 Å². The molecule has 3 heterocycles. The first-order chi connectivity index (χ1) is 12.6. The molecule has 0 bridgehead atoms. The van der Waals surface area contributed by atoms with Crippen LogP contribution in [0.5, 0.6) is 5.88 Å². The lowest BCUT2D eigenvalue weighted by Crippen LogP contribution is -2.30. The zero-order chi connectivity index (χ0) is 18.1. The molecule has 2 aromatic heterocycles. The fraction of sp³-hybridized carbons (Fsp3) is 0.474. The Labute approximate surface area is 151 Å². The minimum absolute atomic E-state index is 0.163. The SMILES string of the molecule is Cc1nc(C(=O)N2CCC(COc3ccc(C4CC4)nn3)C2)ccc1F. The van der Waals surface area contributed by atoms with Gasteiger partial charge in [0, 0.05) is 31.0 Å². The maximum absolute atomic E-state index is 13.3. The Kier molecular flexibility index (Phi) is 4.53. The van der Waals surface area contributed by atoms with Gasteiger partial charge in [-0.25, -0.2) is 9.37 Å². The number of halogens is 1. The second-order valence-electron chi connectivity index (χ2n) is 7.05. The van der Waals surface area contributed by atoms with E-state index in [1.165, 1.54) is 25.0 Å². The van der Waals surface area contributed by atoms with Crippen molar-refractivity contribution in [1.82, 2.24) is 20.1 Å². The van der Waals surface area contributed by atoms with Gasteiger partial charge in [0.15, 0.2) is 0 Å². The van der Waals surface area contributed by atoms with Crippen LogP contribution >= 0.6 is 0 Å². The number of nitrogens with zero attached hydrogens (tertiary/aromatic N) is 4.